The monoisotopic (exact) mass is 271 g/mol. The highest BCUT2D eigenvalue weighted by molar-refractivity contribution is 5.89. The van der Waals surface area contributed by atoms with Gasteiger partial charge in [0.2, 0.25) is 11.7 Å². The summed E-state index contributed by atoms with van der Waals surface area (Å²) in [5.74, 6) is -2.94. The number of alkyl halides is 3. The van der Waals surface area contributed by atoms with Crippen LogP contribution < -0.4 is 0 Å². The van der Waals surface area contributed by atoms with E-state index in [1.165, 1.54) is 12.1 Å². The third-order valence-electron chi connectivity index (χ3n) is 2.28. The predicted molar refractivity (Wildman–Crippen MR) is 58.3 cm³/mol. The Morgan fingerprint density at radius 2 is 1.89 bits per heavy atom. The van der Waals surface area contributed by atoms with Gasteiger partial charge in [-0.05, 0) is 12.1 Å². The van der Waals surface area contributed by atoms with Crippen LogP contribution in [0.1, 0.15) is 16.2 Å². The van der Waals surface area contributed by atoms with Gasteiger partial charge in [0.15, 0.2) is 5.69 Å². The summed E-state index contributed by atoms with van der Waals surface area (Å²) in [6.07, 6.45) is -4.82. The van der Waals surface area contributed by atoms with Gasteiger partial charge in [-0.25, -0.2) is 9.78 Å². The van der Waals surface area contributed by atoms with Crippen molar-refractivity contribution in [2.45, 2.75) is 6.18 Å². The topological polar surface area (TPSA) is 52.3 Å². The summed E-state index contributed by atoms with van der Waals surface area (Å²) in [5, 5.41) is 0. The van der Waals surface area contributed by atoms with E-state index in [4.69, 9.17) is 0 Å². The fraction of sp³-hybridized carbons (Fsp3) is 0.167. The van der Waals surface area contributed by atoms with Crippen LogP contribution in [0.5, 0.6) is 0 Å². The fourth-order valence-corrected chi connectivity index (χ4v) is 1.45. The quantitative estimate of drug-likeness (QED) is 0.787. The molecule has 7 heteroatoms. The number of methoxy groups -OCH3 is 1. The van der Waals surface area contributed by atoms with Crippen LogP contribution in [0.3, 0.4) is 0 Å². The van der Waals surface area contributed by atoms with E-state index < -0.39 is 23.6 Å². The van der Waals surface area contributed by atoms with Crippen LogP contribution in [-0.4, -0.2) is 18.1 Å². The molecule has 0 radical (unpaired) electrons. The van der Waals surface area contributed by atoms with Crippen molar-refractivity contribution in [2.24, 2.45) is 0 Å². The van der Waals surface area contributed by atoms with E-state index in [0.717, 1.165) is 7.11 Å². The van der Waals surface area contributed by atoms with Gasteiger partial charge in [0.25, 0.3) is 0 Å². The van der Waals surface area contributed by atoms with E-state index in [2.05, 4.69) is 14.1 Å². The van der Waals surface area contributed by atoms with Gasteiger partial charge in [0.05, 0.1) is 7.11 Å². The van der Waals surface area contributed by atoms with Gasteiger partial charge >= 0.3 is 12.1 Å². The molecule has 1 heterocycles. The molecule has 2 rings (SSSR count). The van der Waals surface area contributed by atoms with Gasteiger partial charge < -0.3 is 9.15 Å². The number of aromatic nitrogens is 1. The van der Waals surface area contributed by atoms with Crippen LogP contribution in [0.4, 0.5) is 13.2 Å². The number of ether oxygens (including phenoxy) is 1. The normalized spacial score (nSPS) is 11.4. The zero-order valence-corrected chi connectivity index (χ0v) is 9.69. The number of benzene rings is 1. The molecule has 0 amide bonds. The third-order valence-corrected chi connectivity index (χ3v) is 2.28. The van der Waals surface area contributed by atoms with E-state index in [1.807, 2.05) is 0 Å². The molecular weight excluding hydrogens is 263 g/mol. The molecule has 0 N–H and O–H groups in total. The highest BCUT2D eigenvalue weighted by Crippen LogP contribution is 2.35. The van der Waals surface area contributed by atoms with Crippen molar-refractivity contribution in [1.82, 2.24) is 4.98 Å². The molecule has 100 valence electrons. The Morgan fingerprint density at radius 3 is 2.42 bits per heavy atom. The van der Waals surface area contributed by atoms with Crippen molar-refractivity contribution in [3.05, 3.63) is 41.8 Å². The average Bonchev–Trinajstić information content (AvgIpc) is 2.84. The highest BCUT2D eigenvalue weighted by atomic mass is 19.4. The Hall–Kier alpha value is -2.31. The molecule has 19 heavy (non-hydrogen) atoms. The molecule has 1 aromatic heterocycles. The number of hydrogen-bond acceptors (Lipinski definition) is 4. The molecule has 0 saturated carbocycles. The molecule has 0 aliphatic carbocycles. The van der Waals surface area contributed by atoms with E-state index >= 15 is 0 Å². The molecule has 2 aromatic rings. The number of halogens is 3. The van der Waals surface area contributed by atoms with E-state index in [1.54, 1.807) is 18.2 Å². The molecule has 0 atom stereocenters. The standard InChI is InChI=1S/C12H8F3NO3/c1-18-11(17)8-9(12(13,14)15)19-10(16-8)7-5-3-2-4-6-7/h2-6H,1H3. The number of oxazole rings is 1. The molecule has 0 fully saturated rings. The van der Waals surface area contributed by atoms with Gasteiger partial charge in [-0.15, -0.1) is 0 Å². The maximum atomic E-state index is 12.7. The smallest absolute Gasteiger partial charge is 0.452 e. The second-order valence-electron chi connectivity index (χ2n) is 3.55. The molecule has 0 unspecified atom stereocenters. The third kappa shape index (κ3) is 2.59. The van der Waals surface area contributed by atoms with E-state index in [0.29, 0.717) is 5.56 Å². The minimum Gasteiger partial charge on any atom is -0.464 e. The van der Waals surface area contributed by atoms with Crippen molar-refractivity contribution >= 4 is 5.97 Å². The lowest BCUT2D eigenvalue weighted by Gasteiger charge is -2.02. The Labute approximate surface area is 105 Å². The summed E-state index contributed by atoms with van der Waals surface area (Å²) in [5.41, 5.74) is -0.544. The van der Waals surface area contributed by atoms with Gasteiger partial charge in [-0.1, -0.05) is 18.2 Å². The van der Waals surface area contributed by atoms with Crippen molar-refractivity contribution in [3.63, 3.8) is 0 Å². The predicted octanol–water partition coefficient (Wildman–Crippen LogP) is 3.15. The van der Waals surface area contributed by atoms with Crippen LogP contribution in [-0.2, 0) is 10.9 Å². The Kier molecular flexibility index (Phi) is 3.28. The van der Waals surface area contributed by atoms with Crippen LogP contribution >= 0.6 is 0 Å². The molecule has 4 nitrogen and oxygen atoms in total. The second-order valence-corrected chi connectivity index (χ2v) is 3.55. The molecular formula is C12H8F3NO3. The first-order chi connectivity index (χ1) is 8.93. The van der Waals surface area contributed by atoms with Gasteiger partial charge in [-0.2, -0.15) is 13.2 Å². The Morgan fingerprint density at radius 1 is 1.26 bits per heavy atom. The van der Waals surface area contributed by atoms with Crippen molar-refractivity contribution < 1.29 is 27.1 Å². The average molecular weight is 271 g/mol. The van der Waals surface area contributed by atoms with E-state index in [9.17, 15) is 18.0 Å². The minimum atomic E-state index is -4.82. The lowest BCUT2D eigenvalue weighted by molar-refractivity contribution is -0.153. The molecule has 0 aliphatic heterocycles. The number of rotatable bonds is 2. The zero-order valence-electron chi connectivity index (χ0n) is 9.69. The summed E-state index contributed by atoms with van der Waals surface area (Å²) in [7, 11) is 0.972. The molecule has 0 spiro atoms. The second kappa shape index (κ2) is 4.75. The maximum absolute atomic E-state index is 12.7. The molecule has 0 aliphatic rings. The van der Waals surface area contributed by atoms with Gasteiger partial charge in [0, 0.05) is 5.56 Å². The van der Waals surface area contributed by atoms with Gasteiger partial charge in [-0.3, -0.25) is 0 Å². The van der Waals surface area contributed by atoms with Crippen molar-refractivity contribution in [3.8, 4) is 11.5 Å². The van der Waals surface area contributed by atoms with Crippen molar-refractivity contribution in [1.29, 1.82) is 0 Å². The van der Waals surface area contributed by atoms with Gasteiger partial charge in [0.1, 0.15) is 0 Å². The first kappa shape index (κ1) is 13.1. The van der Waals surface area contributed by atoms with Crippen LogP contribution in [0.25, 0.3) is 11.5 Å². The maximum Gasteiger partial charge on any atom is 0.452 e. The Balaban J connectivity index is 2.55. The molecule has 0 saturated heterocycles. The molecule has 0 bridgehead atoms. The summed E-state index contributed by atoms with van der Waals surface area (Å²) in [6, 6.07) is 7.97. The number of carbonyl (C=O) groups excluding carboxylic acids is 1. The number of esters is 1. The summed E-state index contributed by atoms with van der Waals surface area (Å²) >= 11 is 0. The van der Waals surface area contributed by atoms with Crippen LogP contribution in [0, 0.1) is 0 Å². The Bertz CT molecular complexity index is 590. The first-order valence-corrected chi connectivity index (χ1v) is 5.15. The fourth-order valence-electron chi connectivity index (χ4n) is 1.45. The summed E-state index contributed by atoms with van der Waals surface area (Å²) in [4.78, 5) is 14.8. The van der Waals surface area contributed by atoms with E-state index in [-0.39, 0.29) is 5.89 Å². The lowest BCUT2D eigenvalue weighted by atomic mass is 10.2. The zero-order chi connectivity index (χ0) is 14.0. The minimum absolute atomic E-state index is 0.284. The lowest BCUT2D eigenvalue weighted by Crippen LogP contribution is -2.12. The largest absolute Gasteiger partial charge is 0.464 e. The van der Waals surface area contributed by atoms with Crippen LogP contribution in [0.15, 0.2) is 34.7 Å². The first-order valence-electron chi connectivity index (χ1n) is 5.15. The number of carbonyl (C=O) groups is 1. The number of nitrogens with zero attached hydrogens (tertiary/aromatic N) is 1. The van der Waals surface area contributed by atoms with Crippen molar-refractivity contribution in [2.75, 3.05) is 7.11 Å². The van der Waals surface area contributed by atoms with Crippen LogP contribution in [0.2, 0.25) is 0 Å². The SMILES string of the molecule is COC(=O)c1nc(-c2ccccc2)oc1C(F)(F)F. The summed E-state index contributed by atoms with van der Waals surface area (Å²) in [6.45, 7) is 0. The highest BCUT2D eigenvalue weighted by Gasteiger charge is 2.42. The number of hydrogen-bond donors (Lipinski definition) is 0. The molecule has 1 aromatic carbocycles. The summed E-state index contributed by atoms with van der Waals surface area (Å²) < 4.78 is 47.1.